The number of hydrogen-bond donors (Lipinski definition) is 1. The van der Waals surface area contributed by atoms with Gasteiger partial charge in [-0.3, -0.25) is 0 Å². The molecule has 1 aromatic carbocycles. The molecule has 0 unspecified atom stereocenters. The van der Waals surface area contributed by atoms with Crippen molar-refractivity contribution in [1.82, 2.24) is 0 Å². The summed E-state index contributed by atoms with van der Waals surface area (Å²) in [6, 6.07) is 6.48. The fourth-order valence-corrected chi connectivity index (χ4v) is 1.60. The van der Waals surface area contributed by atoms with E-state index in [0.29, 0.717) is 5.92 Å². The van der Waals surface area contributed by atoms with E-state index in [-0.39, 0.29) is 11.8 Å². The smallest absolute Gasteiger partial charge is 0.387 e. The second kappa shape index (κ2) is 6.55. The lowest BCUT2D eigenvalue weighted by atomic mass is 9.98. The summed E-state index contributed by atoms with van der Waals surface area (Å²) in [5, 5.41) is 0. The van der Waals surface area contributed by atoms with E-state index in [4.69, 9.17) is 5.73 Å². The fraction of sp³-hybridized carbons (Fsp3) is 0.538. The summed E-state index contributed by atoms with van der Waals surface area (Å²) in [6.45, 7) is 1.46. The van der Waals surface area contributed by atoms with Crippen molar-refractivity contribution in [2.45, 2.75) is 39.3 Å². The second-order valence-corrected chi connectivity index (χ2v) is 4.53. The predicted molar refractivity (Wildman–Crippen MR) is 64.1 cm³/mol. The van der Waals surface area contributed by atoms with Crippen LogP contribution in [0.1, 0.15) is 38.3 Å². The van der Waals surface area contributed by atoms with Gasteiger partial charge in [0.1, 0.15) is 5.75 Å². The largest absolute Gasteiger partial charge is 0.435 e. The number of alkyl halides is 2. The van der Waals surface area contributed by atoms with E-state index >= 15 is 0 Å². The minimum atomic E-state index is -2.79. The van der Waals surface area contributed by atoms with Crippen molar-refractivity contribution in [2.75, 3.05) is 0 Å². The molecule has 2 N–H and O–H groups in total. The molecule has 96 valence electrons. The van der Waals surface area contributed by atoms with Gasteiger partial charge in [0.05, 0.1) is 0 Å². The normalized spacial score (nSPS) is 13.1. The quantitative estimate of drug-likeness (QED) is 0.826. The van der Waals surface area contributed by atoms with Crippen LogP contribution in [0.25, 0.3) is 0 Å². The number of benzene rings is 1. The molecular weight excluding hydrogens is 224 g/mol. The van der Waals surface area contributed by atoms with Crippen LogP contribution in [0, 0.1) is 5.92 Å². The highest BCUT2D eigenvalue weighted by molar-refractivity contribution is 5.30. The molecule has 0 heterocycles. The minimum Gasteiger partial charge on any atom is -0.435 e. The maximum Gasteiger partial charge on any atom is 0.387 e. The maximum absolute atomic E-state index is 12.1. The molecule has 0 bridgehead atoms. The van der Waals surface area contributed by atoms with Gasteiger partial charge in [0.2, 0.25) is 0 Å². The van der Waals surface area contributed by atoms with Crippen molar-refractivity contribution < 1.29 is 13.5 Å². The molecule has 0 aromatic heterocycles. The first-order valence-corrected chi connectivity index (χ1v) is 5.79. The topological polar surface area (TPSA) is 35.2 Å². The first kappa shape index (κ1) is 13.9. The van der Waals surface area contributed by atoms with Crippen LogP contribution in [0.3, 0.4) is 0 Å². The Morgan fingerprint density at radius 2 is 1.94 bits per heavy atom. The van der Waals surface area contributed by atoms with E-state index in [1.807, 2.05) is 6.07 Å². The average molecular weight is 243 g/mol. The highest BCUT2D eigenvalue weighted by atomic mass is 19.3. The molecule has 0 aliphatic heterocycles. The summed E-state index contributed by atoms with van der Waals surface area (Å²) in [5.41, 5.74) is 6.84. The summed E-state index contributed by atoms with van der Waals surface area (Å²) in [6.07, 6.45) is 1.86. The Bertz CT molecular complexity index is 342. The van der Waals surface area contributed by atoms with Gasteiger partial charge in [0.15, 0.2) is 0 Å². The summed E-state index contributed by atoms with van der Waals surface area (Å²) < 4.78 is 28.4. The molecule has 1 atom stereocenters. The van der Waals surface area contributed by atoms with E-state index in [1.165, 1.54) is 6.07 Å². The third-order valence-electron chi connectivity index (χ3n) is 2.57. The molecule has 0 aliphatic rings. The third kappa shape index (κ3) is 5.13. The minimum absolute atomic E-state index is 0.126. The van der Waals surface area contributed by atoms with Crippen LogP contribution in [-0.4, -0.2) is 6.61 Å². The Balaban J connectivity index is 2.63. The molecule has 17 heavy (non-hydrogen) atoms. The Morgan fingerprint density at radius 3 is 2.53 bits per heavy atom. The molecule has 1 aromatic rings. The Morgan fingerprint density at radius 1 is 1.24 bits per heavy atom. The molecule has 2 nitrogen and oxygen atoms in total. The third-order valence-corrected chi connectivity index (χ3v) is 2.57. The number of ether oxygens (including phenoxy) is 1. The Labute approximate surface area is 101 Å². The summed E-state index contributed by atoms with van der Waals surface area (Å²) in [4.78, 5) is 0. The molecule has 0 spiro atoms. The monoisotopic (exact) mass is 243 g/mol. The van der Waals surface area contributed by atoms with Crippen molar-refractivity contribution in [3.05, 3.63) is 29.8 Å². The van der Waals surface area contributed by atoms with Crippen molar-refractivity contribution in [3.63, 3.8) is 0 Å². The van der Waals surface area contributed by atoms with Crippen LogP contribution in [0.5, 0.6) is 5.75 Å². The van der Waals surface area contributed by atoms with E-state index < -0.39 is 6.61 Å². The van der Waals surface area contributed by atoms with E-state index in [2.05, 4.69) is 18.6 Å². The van der Waals surface area contributed by atoms with Gasteiger partial charge in [-0.2, -0.15) is 8.78 Å². The highest BCUT2D eigenvalue weighted by Gasteiger charge is 2.10. The number of hydrogen-bond acceptors (Lipinski definition) is 2. The predicted octanol–water partition coefficient (Wildman–Crippen LogP) is 3.72. The lowest BCUT2D eigenvalue weighted by Gasteiger charge is -2.14. The first-order chi connectivity index (χ1) is 7.99. The zero-order valence-electron chi connectivity index (χ0n) is 10.2. The van der Waals surface area contributed by atoms with Gasteiger partial charge in [-0.25, -0.2) is 0 Å². The molecule has 0 radical (unpaired) electrons. The van der Waals surface area contributed by atoms with Crippen molar-refractivity contribution in [1.29, 1.82) is 0 Å². The molecule has 0 fully saturated rings. The van der Waals surface area contributed by atoms with Gasteiger partial charge < -0.3 is 10.5 Å². The molecule has 1 rings (SSSR count). The number of nitrogens with two attached hydrogens (primary N) is 1. The Hall–Kier alpha value is -1.16. The van der Waals surface area contributed by atoms with E-state index in [9.17, 15) is 8.78 Å². The van der Waals surface area contributed by atoms with Crippen LogP contribution < -0.4 is 10.5 Å². The van der Waals surface area contributed by atoms with Crippen LogP contribution in [0.4, 0.5) is 8.78 Å². The van der Waals surface area contributed by atoms with Crippen LogP contribution in [-0.2, 0) is 0 Å². The first-order valence-electron chi connectivity index (χ1n) is 5.79. The molecule has 4 heteroatoms. The lowest BCUT2D eigenvalue weighted by Crippen LogP contribution is -2.11. The van der Waals surface area contributed by atoms with Crippen molar-refractivity contribution >= 4 is 0 Å². The van der Waals surface area contributed by atoms with Gasteiger partial charge in [-0.05, 0) is 36.5 Å². The number of rotatable bonds is 6. The summed E-state index contributed by atoms with van der Waals surface area (Å²) in [7, 11) is 0. The molecule has 0 saturated carbocycles. The van der Waals surface area contributed by atoms with Crippen LogP contribution in [0.15, 0.2) is 24.3 Å². The van der Waals surface area contributed by atoms with Gasteiger partial charge in [0, 0.05) is 6.04 Å². The maximum atomic E-state index is 12.1. The lowest BCUT2D eigenvalue weighted by molar-refractivity contribution is -0.0499. The van der Waals surface area contributed by atoms with Crippen LogP contribution in [0.2, 0.25) is 0 Å². The molecular formula is C13H19F2NO. The van der Waals surface area contributed by atoms with E-state index in [0.717, 1.165) is 18.4 Å². The average Bonchev–Trinajstić information content (AvgIpc) is 2.25. The van der Waals surface area contributed by atoms with Crippen molar-refractivity contribution in [3.8, 4) is 5.75 Å². The van der Waals surface area contributed by atoms with Crippen LogP contribution >= 0.6 is 0 Å². The van der Waals surface area contributed by atoms with Gasteiger partial charge in [-0.1, -0.05) is 26.0 Å². The van der Waals surface area contributed by atoms with Gasteiger partial charge >= 0.3 is 6.61 Å². The van der Waals surface area contributed by atoms with Gasteiger partial charge in [-0.15, -0.1) is 0 Å². The SMILES string of the molecule is CC(C)CC[C@H](N)c1cccc(OC(F)F)c1. The second-order valence-electron chi connectivity index (χ2n) is 4.53. The summed E-state index contributed by atoms with van der Waals surface area (Å²) >= 11 is 0. The zero-order valence-corrected chi connectivity index (χ0v) is 10.2. The molecule has 0 amide bonds. The molecule has 0 saturated heterocycles. The zero-order chi connectivity index (χ0) is 12.8. The number of halogens is 2. The fourth-order valence-electron chi connectivity index (χ4n) is 1.60. The van der Waals surface area contributed by atoms with Gasteiger partial charge in [0.25, 0.3) is 0 Å². The van der Waals surface area contributed by atoms with E-state index in [1.54, 1.807) is 12.1 Å². The summed E-state index contributed by atoms with van der Waals surface area (Å²) in [5.74, 6) is 0.749. The van der Waals surface area contributed by atoms with Crippen molar-refractivity contribution in [2.24, 2.45) is 11.7 Å². The standard InChI is InChI=1S/C13H19F2NO/c1-9(2)6-7-12(16)10-4-3-5-11(8-10)17-13(14)15/h3-5,8-9,12-13H,6-7,16H2,1-2H3/t12-/m0/s1. The highest BCUT2D eigenvalue weighted by Crippen LogP contribution is 2.23. The Kier molecular flexibility index (Phi) is 5.35. The molecule has 0 aliphatic carbocycles.